The van der Waals surface area contributed by atoms with E-state index in [1.807, 2.05) is 31.1 Å². The molecule has 0 bridgehead atoms. The number of nitrogens with zero attached hydrogens (tertiary/aromatic N) is 4. The summed E-state index contributed by atoms with van der Waals surface area (Å²) in [5.74, 6) is 0.804. The van der Waals surface area contributed by atoms with Crippen LogP contribution in [0.5, 0.6) is 0 Å². The second kappa shape index (κ2) is 12.0. The quantitative estimate of drug-likeness (QED) is 0.356. The van der Waals surface area contributed by atoms with E-state index >= 15 is 0 Å². The predicted molar refractivity (Wildman–Crippen MR) is 126 cm³/mol. The van der Waals surface area contributed by atoms with Crippen molar-refractivity contribution in [2.24, 2.45) is 4.99 Å². The molecule has 2 saturated heterocycles. The van der Waals surface area contributed by atoms with Crippen LogP contribution in [0, 0.1) is 5.82 Å². The Bertz CT molecular complexity index is 666. The molecule has 1 unspecified atom stereocenters. The summed E-state index contributed by atoms with van der Waals surface area (Å²) in [7, 11) is 3.90. The summed E-state index contributed by atoms with van der Waals surface area (Å²) in [6.07, 6.45) is 1.16. The maximum Gasteiger partial charge on any atom is 0.194 e. The van der Waals surface area contributed by atoms with Crippen LogP contribution in [-0.4, -0.2) is 86.7 Å². The van der Waals surface area contributed by atoms with Gasteiger partial charge in [-0.1, -0.05) is 6.07 Å². The lowest BCUT2D eigenvalue weighted by Gasteiger charge is -2.32. The van der Waals surface area contributed by atoms with E-state index in [0.717, 1.165) is 69.4 Å². The Morgan fingerprint density at radius 1 is 1.28 bits per heavy atom. The van der Waals surface area contributed by atoms with E-state index in [-0.39, 0.29) is 29.8 Å². The number of ether oxygens (including phenoxy) is 1. The minimum Gasteiger partial charge on any atom is -0.379 e. The molecule has 1 aromatic carbocycles. The molecule has 164 valence electrons. The summed E-state index contributed by atoms with van der Waals surface area (Å²) in [4.78, 5) is 11.7. The molecule has 2 aliphatic heterocycles. The number of aliphatic imine (C=N–C) groups is 1. The molecule has 2 fully saturated rings. The molecule has 0 amide bonds. The van der Waals surface area contributed by atoms with Crippen LogP contribution in [-0.2, 0) is 17.8 Å². The molecular weight excluding hydrogens is 484 g/mol. The maximum absolute atomic E-state index is 14.0. The highest BCUT2D eigenvalue weighted by Crippen LogP contribution is 2.18. The van der Waals surface area contributed by atoms with Crippen LogP contribution in [0.25, 0.3) is 0 Å². The number of nitrogens with one attached hydrogen (secondary N) is 1. The van der Waals surface area contributed by atoms with Gasteiger partial charge in [0.25, 0.3) is 0 Å². The Morgan fingerprint density at radius 3 is 2.72 bits per heavy atom. The third kappa shape index (κ3) is 7.04. The van der Waals surface area contributed by atoms with E-state index < -0.39 is 0 Å². The topological polar surface area (TPSA) is 43.3 Å². The third-order valence-electron chi connectivity index (χ3n) is 5.37. The molecule has 3 rings (SSSR count). The molecule has 8 heteroatoms. The van der Waals surface area contributed by atoms with Gasteiger partial charge in [-0.15, -0.1) is 24.0 Å². The summed E-state index contributed by atoms with van der Waals surface area (Å²) >= 11 is 0. The van der Waals surface area contributed by atoms with Crippen molar-refractivity contribution in [3.8, 4) is 0 Å². The number of guanidine groups is 1. The Labute approximate surface area is 191 Å². The SMILES string of the molecule is CCNC(=NCc1ccc(F)c(CN(C)C)c1)N1CCC(N2CCOCC2)C1.I. The fourth-order valence-electron chi connectivity index (χ4n) is 3.96. The first-order chi connectivity index (χ1) is 13.6. The van der Waals surface area contributed by atoms with Gasteiger partial charge in [-0.2, -0.15) is 0 Å². The Kier molecular flexibility index (Phi) is 10.1. The summed E-state index contributed by atoms with van der Waals surface area (Å²) < 4.78 is 19.5. The standard InChI is InChI=1S/C21H34FN5O.HI/c1-4-23-21(27-8-7-19(16-27)26-9-11-28-12-10-26)24-14-17-5-6-20(22)18(13-17)15-25(2)3;/h5-6,13,19H,4,7-12,14-16H2,1-3H3,(H,23,24);1H. The average Bonchev–Trinajstić information content (AvgIpc) is 3.18. The van der Waals surface area contributed by atoms with Crippen LogP contribution < -0.4 is 5.32 Å². The number of halogens is 2. The lowest BCUT2D eigenvalue weighted by Crippen LogP contribution is -2.46. The van der Waals surface area contributed by atoms with E-state index in [1.54, 1.807) is 6.07 Å². The molecule has 29 heavy (non-hydrogen) atoms. The van der Waals surface area contributed by atoms with Crippen molar-refractivity contribution < 1.29 is 9.13 Å². The predicted octanol–water partition coefficient (Wildman–Crippen LogP) is 2.38. The summed E-state index contributed by atoms with van der Waals surface area (Å²) in [5.41, 5.74) is 1.76. The number of likely N-dealkylation sites (tertiary alicyclic amines) is 1. The van der Waals surface area contributed by atoms with Gasteiger partial charge in [0, 0.05) is 50.9 Å². The first-order valence-electron chi connectivity index (χ1n) is 10.3. The second-order valence-electron chi connectivity index (χ2n) is 7.87. The lowest BCUT2D eigenvalue weighted by molar-refractivity contribution is 0.0195. The molecule has 0 saturated carbocycles. The molecule has 6 nitrogen and oxygen atoms in total. The third-order valence-corrected chi connectivity index (χ3v) is 5.37. The Balaban J connectivity index is 0.00000300. The van der Waals surface area contributed by atoms with E-state index in [4.69, 9.17) is 9.73 Å². The molecule has 2 heterocycles. The number of hydrogen-bond acceptors (Lipinski definition) is 4. The first-order valence-corrected chi connectivity index (χ1v) is 10.3. The number of morpholine rings is 1. The van der Waals surface area contributed by atoms with Crippen molar-refractivity contribution >= 4 is 29.9 Å². The minimum absolute atomic E-state index is 0. The van der Waals surface area contributed by atoms with Gasteiger partial charge in [-0.05, 0) is 45.1 Å². The van der Waals surface area contributed by atoms with Gasteiger partial charge in [0.2, 0.25) is 0 Å². The van der Waals surface area contributed by atoms with Crippen molar-refractivity contribution in [2.75, 3.05) is 60.0 Å². The summed E-state index contributed by atoms with van der Waals surface area (Å²) in [6, 6.07) is 5.90. The Morgan fingerprint density at radius 2 is 2.03 bits per heavy atom. The van der Waals surface area contributed by atoms with Gasteiger partial charge in [0.15, 0.2) is 5.96 Å². The molecular formula is C21H35FIN5O. The van der Waals surface area contributed by atoms with E-state index in [9.17, 15) is 4.39 Å². The maximum atomic E-state index is 14.0. The molecule has 1 atom stereocenters. The highest BCUT2D eigenvalue weighted by atomic mass is 127. The van der Waals surface area contributed by atoms with Crippen molar-refractivity contribution in [2.45, 2.75) is 32.5 Å². The fraction of sp³-hybridized carbons (Fsp3) is 0.667. The minimum atomic E-state index is -0.152. The Hall–Kier alpha value is -0.970. The highest BCUT2D eigenvalue weighted by Gasteiger charge is 2.30. The lowest BCUT2D eigenvalue weighted by atomic mass is 10.1. The van der Waals surface area contributed by atoms with Crippen molar-refractivity contribution in [3.63, 3.8) is 0 Å². The molecule has 1 aromatic rings. The summed E-state index contributed by atoms with van der Waals surface area (Å²) in [5, 5.41) is 3.43. The van der Waals surface area contributed by atoms with Crippen LogP contribution in [0.4, 0.5) is 4.39 Å². The fourth-order valence-corrected chi connectivity index (χ4v) is 3.96. The molecule has 0 radical (unpaired) electrons. The molecule has 0 spiro atoms. The van der Waals surface area contributed by atoms with Crippen molar-refractivity contribution in [3.05, 3.63) is 35.1 Å². The zero-order valence-corrected chi connectivity index (χ0v) is 20.2. The van der Waals surface area contributed by atoms with Crippen molar-refractivity contribution in [1.29, 1.82) is 0 Å². The van der Waals surface area contributed by atoms with Crippen LogP contribution in [0.15, 0.2) is 23.2 Å². The van der Waals surface area contributed by atoms with Crippen LogP contribution >= 0.6 is 24.0 Å². The molecule has 0 aliphatic carbocycles. The largest absolute Gasteiger partial charge is 0.379 e. The van der Waals surface area contributed by atoms with Gasteiger partial charge >= 0.3 is 0 Å². The van der Waals surface area contributed by atoms with Crippen LogP contribution in [0.3, 0.4) is 0 Å². The first kappa shape index (κ1) is 24.3. The zero-order chi connectivity index (χ0) is 19.9. The molecule has 0 aromatic heterocycles. The molecule has 2 aliphatic rings. The van der Waals surface area contributed by atoms with Crippen molar-refractivity contribution in [1.82, 2.24) is 20.0 Å². The number of rotatable bonds is 6. The van der Waals surface area contributed by atoms with Gasteiger partial charge in [-0.25, -0.2) is 9.38 Å². The van der Waals surface area contributed by atoms with Gasteiger partial charge in [-0.3, -0.25) is 4.90 Å². The van der Waals surface area contributed by atoms with E-state index in [1.165, 1.54) is 0 Å². The normalized spacial score (nSPS) is 20.8. The van der Waals surface area contributed by atoms with E-state index in [2.05, 4.69) is 22.0 Å². The highest BCUT2D eigenvalue weighted by molar-refractivity contribution is 14.0. The zero-order valence-electron chi connectivity index (χ0n) is 17.9. The average molecular weight is 519 g/mol. The van der Waals surface area contributed by atoms with E-state index in [0.29, 0.717) is 19.1 Å². The van der Waals surface area contributed by atoms with Gasteiger partial charge < -0.3 is 19.9 Å². The van der Waals surface area contributed by atoms with Crippen LogP contribution in [0.2, 0.25) is 0 Å². The molecule has 1 N–H and O–H groups in total. The smallest absolute Gasteiger partial charge is 0.194 e. The monoisotopic (exact) mass is 519 g/mol. The second-order valence-corrected chi connectivity index (χ2v) is 7.87. The van der Waals surface area contributed by atoms with Gasteiger partial charge in [0.1, 0.15) is 5.82 Å². The van der Waals surface area contributed by atoms with Gasteiger partial charge in [0.05, 0.1) is 19.8 Å². The van der Waals surface area contributed by atoms with Crippen LogP contribution in [0.1, 0.15) is 24.5 Å². The number of hydrogen-bond donors (Lipinski definition) is 1. The summed E-state index contributed by atoms with van der Waals surface area (Å²) in [6.45, 7) is 9.83. The number of benzene rings is 1.